The highest BCUT2D eigenvalue weighted by atomic mass is 16.7. The summed E-state index contributed by atoms with van der Waals surface area (Å²) >= 11 is 0. The Morgan fingerprint density at radius 3 is 2.71 bits per heavy atom. The third kappa shape index (κ3) is 2.04. The van der Waals surface area contributed by atoms with E-state index >= 15 is 0 Å². The molecule has 2 aliphatic heterocycles. The normalized spacial score (nSPS) is 60.8. The first-order chi connectivity index (χ1) is 16.3. The summed E-state index contributed by atoms with van der Waals surface area (Å²) in [5.41, 5.74) is -1.90. The van der Waals surface area contributed by atoms with E-state index in [1.165, 1.54) is 6.92 Å². The van der Waals surface area contributed by atoms with Crippen LogP contribution in [0.15, 0.2) is 0 Å². The molecular formula is C26H39NO7. The molecule has 7 aliphatic rings. The van der Waals surface area contributed by atoms with Gasteiger partial charge in [-0.1, -0.05) is 13.8 Å². The molecule has 7 fully saturated rings. The van der Waals surface area contributed by atoms with Gasteiger partial charge in [-0.05, 0) is 37.1 Å². The number of fused-ring (bicyclic) bond motifs is 1. The van der Waals surface area contributed by atoms with Crippen LogP contribution in [0.5, 0.6) is 0 Å². The van der Waals surface area contributed by atoms with Crippen molar-refractivity contribution in [3.8, 4) is 0 Å². The summed E-state index contributed by atoms with van der Waals surface area (Å²) in [6, 6.07) is 0.00276. The van der Waals surface area contributed by atoms with E-state index in [0.29, 0.717) is 6.42 Å². The molecule has 3 spiro atoms. The maximum atomic E-state index is 12.7. The Morgan fingerprint density at radius 2 is 2.03 bits per heavy atom. The zero-order valence-electron chi connectivity index (χ0n) is 21.0. The number of hydrogen-bond acceptors (Lipinski definition) is 8. The van der Waals surface area contributed by atoms with Crippen LogP contribution < -0.4 is 0 Å². The Balaban J connectivity index is 1.58. The van der Waals surface area contributed by atoms with Gasteiger partial charge in [-0.3, -0.25) is 9.69 Å². The standard InChI is InChI=1S/C26H39NO7/c1-6-27-11-23(3)8-7-17(30-4)25-15-9-14-16(29)10-24(18(15)19(14)31-5)26(22(25)27,33-12-32-24)21(20(23)25)34-13(2)28/h14-22,29H,6-12H2,1-5H3. The lowest BCUT2D eigenvalue weighted by molar-refractivity contribution is -0.282. The van der Waals surface area contributed by atoms with Gasteiger partial charge in [0, 0.05) is 57.3 Å². The minimum atomic E-state index is -0.855. The van der Waals surface area contributed by atoms with Gasteiger partial charge in [-0.25, -0.2) is 0 Å². The zero-order chi connectivity index (χ0) is 23.8. The highest BCUT2D eigenvalue weighted by Crippen LogP contribution is 2.82. The van der Waals surface area contributed by atoms with Gasteiger partial charge in [0.05, 0.1) is 24.4 Å². The zero-order valence-corrected chi connectivity index (χ0v) is 21.0. The van der Waals surface area contributed by atoms with Crippen molar-refractivity contribution in [3.05, 3.63) is 0 Å². The number of piperidine rings is 1. The number of rotatable bonds is 4. The molecule has 0 aromatic rings. The van der Waals surface area contributed by atoms with E-state index in [-0.39, 0.29) is 65.5 Å². The third-order valence-corrected chi connectivity index (χ3v) is 11.8. The Labute approximate surface area is 201 Å². The van der Waals surface area contributed by atoms with E-state index in [1.54, 1.807) is 7.11 Å². The van der Waals surface area contributed by atoms with Gasteiger partial charge in [0.15, 0.2) is 5.60 Å². The predicted molar refractivity (Wildman–Crippen MR) is 120 cm³/mol. The molecule has 7 bridgehead atoms. The van der Waals surface area contributed by atoms with Crippen LogP contribution >= 0.6 is 0 Å². The van der Waals surface area contributed by atoms with Crippen LogP contribution in [0.3, 0.4) is 0 Å². The number of carbonyl (C=O) groups is 1. The van der Waals surface area contributed by atoms with Crippen LogP contribution in [0.1, 0.15) is 46.5 Å². The Bertz CT molecular complexity index is 916. The van der Waals surface area contributed by atoms with Crippen molar-refractivity contribution in [2.45, 2.75) is 88.1 Å². The van der Waals surface area contributed by atoms with Crippen LogP contribution in [-0.2, 0) is 28.5 Å². The smallest absolute Gasteiger partial charge is 0.303 e. The summed E-state index contributed by atoms with van der Waals surface area (Å²) in [6.45, 7) is 8.12. The van der Waals surface area contributed by atoms with Crippen LogP contribution in [-0.4, -0.2) is 91.7 Å². The highest BCUT2D eigenvalue weighted by molar-refractivity contribution is 5.67. The number of likely N-dealkylation sites (N-methyl/N-ethyl adjacent to an activating group) is 1. The quantitative estimate of drug-likeness (QED) is 0.611. The molecule has 7 rings (SSSR count). The summed E-state index contributed by atoms with van der Waals surface area (Å²) in [6.07, 6.45) is 2.35. The van der Waals surface area contributed by atoms with E-state index in [1.807, 2.05) is 7.11 Å². The van der Waals surface area contributed by atoms with E-state index in [0.717, 1.165) is 32.4 Å². The SMILES string of the molecule is CCN1CC2(C)CCC(OC)C34C5CC6C(O)CC7(OCOC7(C(OC(C)=O)C23)C14)C5C6OC. The molecule has 34 heavy (non-hydrogen) atoms. The first-order valence-electron chi connectivity index (χ1n) is 13.2. The number of hydrogen-bond donors (Lipinski definition) is 1. The number of likely N-dealkylation sites (tertiary alicyclic amines) is 1. The largest absolute Gasteiger partial charge is 0.459 e. The summed E-state index contributed by atoms with van der Waals surface area (Å²) in [4.78, 5) is 15.3. The molecule has 13 unspecified atom stereocenters. The maximum Gasteiger partial charge on any atom is 0.303 e. The van der Waals surface area contributed by atoms with Gasteiger partial charge in [0.1, 0.15) is 18.5 Å². The van der Waals surface area contributed by atoms with Gasteiger partial charge < -0.3 is 28.8 Å². The molecule has 0 amide bonds. The minimum absolute atomic E-state index is 0.00276. The molecule has 0 aromatic heterocycles. The van der Waals surface area contributed by atoms with Crippen molar-refractivity contribution in [2.75, 3.05) is 34.1 Å². The average Bonchev–Trinajstić information content (AvgIpc) is 3.38. The molecule has 5 aliphatic carbocycles. The second-order valence-corrected chi connectivity index (χ2v) is 12.5. The van der Waals surface area contributed by atoms with Gasteiger partial charge >= 0.3 is 5.97 Å². The molecule has 8 nitrogen and oxygen atoms in total. The molecule has 2 saturated heterocycles. The second-order valence-electron chi connectivity index (χ2n) is 12.5. The Morgan fingerprint density at radius 1 is 1.24 bits per heavy atom. The van der Waals surface area contributed by atoms with Crippen LogP contribution in [0.4, 0.5) is 0 Å². The number of esters is 1. The fourth-order valence-corrected chi connectivity index (χ4v) is 11.5. The van der Waals surface area contributed by atoms with E-state index in [9.17, 15) is 9.90 Å². The van der Waals surface area contributed by atoms with Crippen molar-refractivity contribution in [1.29, 1.82) is 0 Å². The summed E-state index contributed by atoms with van der Waals surface area (Å²) < 4.78 is 32.5. The number of aliphatic hydroxyl groups is 1. The molecular weight excluding hydrogens is 438 g/mol. The van der Waals surface area contributed by atoms with Gasteiger partial charge in [0.2, 0.25) is 0 Å². The Kier molecular flexibility index (Phi) is 4.45. The Hall–Kier alpha value is -0.770. The van der Waals surface area contributed by atoms with Gasteiger partial charge in [-0.15, -0.1) is 0 Å². The molecule has 0 aromatic carbocycles. The van der Waals surface area contributed by atoms with Crippen LogP contribution in [0.2, 0.25) is 0 Å². The molecule has 8 heteroatoms. The lowest BCUT2D eigenvalue weighted by Crippen LogP contribution is -2.80. The fraction of sp³-hybridized carbons (Fsp3) is 0.962. The molecule has 190 valence electrons. The van der Waals surface area contributed by atoms with Gasteiger partial charge in [-0.2, -0.15) is 0 Å². The van der Waals surface area contributed by atoms with E-state index in [2.05, 4.69) is 18.7 Å². The van der Waals surface area contributed by atoms with Crippen LogP contribution in [0, 0.1) is 34.5 Å². The fourth-order valence-electron chi connectivity index (χ4n) is 11.5. The monoisotopic (exact) mass is 477 g/mol. The topological polar surface area (TPSA) is 86.7 Å². The van der Waals surface area contributed by atoms with E-state index < -0.39 is 23.4 Å². The molecule has 0 radical (unpaired) electrons. The predicted octanol–water partition coefficient (Wildman–Crippen LogP) is 1.58. The average molecular weight is 478 g/mol. The lowest BCUT2D eigenvalue weighted by atomic mass is 9.43. The maximum absolute atomic E-state index is 12.7. The van der Waals surface area contributed by atoms with Crippen LogP contribution in [0.25, 0.3) is 0 Å². The molecule has 13 atom stereocenters. The first-order valence-corrected chi connectivity index (χ1v) is 13.2. The molecule has 1 N–H and O–H groups in total. The highest BCUT2D eigenvalue weighted by Gasteiger charge is 2.94. The van der Waals surface area contributed by atoms with Crippen molar-refractivity contribution in [3.63, 3.8) is 0 Å². The first kappa shape index (κ1) is 22.4. The number of carbonyl (C=O) groups excluding carboxylic acids is 1. The third-order valence-electron chi connectivity index (χ3n) is 11.8. The second kappa shape index (κ2) is 6.75. The summed E-state index contributed by atoms with van der Waals surface area (Å²) in [7, 11) is 3.61. The van der Waals surface area contributed by atoms with Crippen molar-refractivity contribution >= 4 is 5.97 Å². The number of methoxy groups -OCH3 is 2. The summed E-state index contributed by atoms with van der Waals surface area (Å²) in [5.74, 6) is 0.224. The lowest BCUT2D eigenvalue weighted by Gasteiger charge is -2.69. The number of aliphatic hydroxyl groups excluding tert-OH is 1. The number of nitrogens with zero attached hydrogens (tertiary/aromatic N) is 1. The molecule has 2 heterocycles. The van der Waals surface area contributed by atoms with Gasteiger partial charge in [0.25, 0.3) is 0 Å². The van der Waals surface area contributed by atoms with Crippen molar-refractivity contribution in [2.24, 2.45) is 34.5 Å². The minimum Gasteiger partial charge on any atom is -0.459 e. The number of ether oxygens (including phenoxy) is 5. The molecule has 5 saturated carbocycles. The summed E-state index contributed by atoms with van der Waals surface area (Å²) in [5, 5.41) is 11.5. The van der Waals surface area contributed by atoms with Crippen molar-refractivity contribution < 1.29 is 33.6 Å². The van der Waals surface area contributed by atoms with Crippen molar-refractivity contribution in [1.82, 2.24) is 4.90 Å². The van der Waals surface area contributed by atoms with E-state index in [4.69, 9.17) is 23.7 Å².